The Morgan fingerprint density at radius 2 is 1.68 bits per heavy atom. The number of β-amino-alcohol motifs (C(OH)–C–C–N with tert-alkyl or cyclic N) is 1. The lowest BCUT2D eigenvalue weighted by Gasteiger charge is -2.42. The highest BCUT2D eigenvalue weighted by Crippen LogP contribution is 2.34. The van der Waals surface area contributed by atoms with E-state index in [0.717, 1.165) is 12.1 Å². The molecule has 2 aromatic rings. The fourth-order valence-corrected chi connectivity index (χ4v) is 3.11. The van der Waals surface area contributed by atoms with Gasteiger partial charge >= 0.3 is 0 Å². The predicted molar refractivity (Wildman–Crippen MR) is 86.3 cm³/mol. The van der Waals surface area contributed by atoms with E-state index < -0.39 is 5.60 Å². The maximum Gasteiger partial charge on any atom is 0.167 e. The summed E-state index contributed by atoms with van der Waals surface area (Å²) in [6.07, 6.45) is 0.351. The quantitative estimate of drug-likeness (QED) is 0.946. The van der Waals surface area contributed by atoms with Gasteiger partial charge in [-0.05, 0) is 18.1 Å². The molecule has 22 heavy (non-hydrogen) atoms. The van der Waals surface area contributed by atoms with Crippen molar-refractivity contribution < 1.29 is 9.90 Å². The van der Waals surface area contributed by atoms with Crippen molar-refractivity contribution in [1.82, 2.24) is 4.90 Å². The van der Waals surface area contributed by atoms with Gasteiger partial charge < -0.3 is 5.11 Å². The van der Waals surface area contributed by atoms with Crippen LogP contribution in [0.3, 0.4) is 0 Å². The molecule has 1 N–H and O–H groups in total. The largest absolute Gasteiger partial charge is 0.381 e. The van der Waals surface area contributed by atoms with Crippen LogP contribution in [0.1, 0.15) is 30.5 Å². The van der Waals surface area contributed by atoms with E-state index in [1.54, 1.807) is 6.92 Å². The van der Waals surface area contributed by atoms with Gasteiger partial charge in [-0.25, -0.2) is 0 Å². The van der Waals surface area contributed by atoms with E-state index in [1.165, 1.54) is 5.56 Å². The summed E-state index contributed by atoms with van der Waals surface area (Å²) in [6.45, 7) is 2.71. The summed E-state index contributed by atoms with van der Waals surface area (Å²) in [7, 11) is 0. The second-order valence-electron chi connectivity index (χ2n) is 6.22. The highest BCUT2D eigenvalue weighted by molar-refractivity contribution is 5.88. The number of aliphatic hydroxyl groups is 1. The maximum absolute atomic E-state index is 12.2. The zero-order chi connectivity index (χ0) is 15.6. The van der Waals surface area contributed by atoms with Crippen molar-refractivity contribution in [1.29, 1.82) is 0 Å². The fourth-order valence-electron chi connectivity index (χ4n) is 3.11. The van der Waals surface area contributed by atoms with Gasteiger partial charge in [0.1, 0.15) is 5.60 Å². The third-order valence-electron chi connectivity index (χ3n) is 4.34. The first kappa shape index (κ1) is 14.9. The van der Waals surface area contributed by atoms with Crippen LogP contribution in [-0.4, -0.2) is 27.9 Å². The van der Waals surface area contributed by atoms with Gasteiger partial charge in [-0.2, -0.15) is 0 Å². The lowest BCUT2D eigenvalue weighted by atomic mass is 9.85. The summed E-state index contributed by atoms with van der Waals surface area (Å²) in [5, 5.41) is 10.4. The number of Topliss-reactive ketones (excluding diaryl/α,β-unsaturated/α-hetero) is 1. The van der Waals surface area contributed by atoms with Crippen LogP contribution in [-0.2, 0) is 11.3 Å². The lowest BCUT2D eigenvalue weighted by Crippen LogP contribution is -2.53. The summed E-state index contributed by atoms with van der Waals surface area (Å²) in [5.74, 6) is -0.0781. The number of benzene rings is 2. The minimum atomic E-state index is -1.26. The molecule has 3 rings (SSSR count). The standard InChI is InChI=1S/C19H21NO2/c1-19(22)14-20(13-15-8-4-2-5-9-15)17(12-18(19)21)16-10-6-3-7-11-16/h2-11,17,22H,12-14H2,1H3. The summed E-state index contributed by atoms with van der Waals surface area (Å²) in [6, 6.07) is 20.3. The van der Waals surface area contributed by atoms with Crippen molar-refractivity contribution in [3.05, 3.63) is 71.8 Å². The van der Waals surface area contributed by atoms with Gasteiger partial charge in [0.05, 0.1) is 0 Å². The van der Waals surface area contributed by atoms with Crippen LogP contribution < -0.4 is 0 Å². The lowest BCUT2D eigenvalue weighted by molar-refractivity contribution is -0.146. The molecule has 0 amide bonds. The molecule has 1 saturated heterocycles. The normalized spacial score (nSPS) is 26.1. The molecule has 0 aromatic heterocycles. The molecular weight excluding hydrogens is 274 g/mol. The molecule has 3 nitrogen and oxygen atoms in total. The second kappa shape index (κ2) is 6.03. The number of carbonyl (C=O) groups is 1. The molecule has 0 aliphatic carbocycles. The Hall–Kier alpha value is -1.97. The molecule has 0 spiro atoms. The highest BCUT2D eigenvalue weighted by atomic mass is 16.3. The van der Waals surface area contributed by atoms with Gasteiger partial charge in [-0.3, -0.25) is 9.69 Å². The third kappa shape index (κ3) is 3.11. The van der Waals surface area contributed by atoms with Gasteiger partial charge in [0.15, 0.2) is 5.78 Å². The van der Waals surface area contributed by atoms with Crippen LogP contribution in [0.4, 0.5) is 0 Å². The van der Waals surface area contributed by atoms with Gasteiger partial charge in [-0.1, -0.05) is 60.7 Å². The Kier molecular flexibility index (Phi) is 4.10. The first-order chi connectivity index (χ1) is 10.6. The van der Waals surface area contributed by atoms with Crippen molar-refractivity contribution in [3.8, 4) is 0 Å². The fraction of sp³-hybridized carbons (Fsp3) is 0.316. The number of piperidine rings is 1. The summed E-state index contributed by atoms with van der Waals surface area (Å²) >= 11 is 0. The summed E-state index contributed by atoms with van der Waals surface area (Å²) in [4.78, 5) is 14.4. The Morgan fingerprint density at radius 1 is 1.09 bits per heavy atom. The molecule has 1 fully saturated rings. The minimum Gasteiger partial charge on any atom is -0.381 e. The Balaban J connectivity index is 1.89. The zero-order valence-electron chi connectivity index (χ0n) is 12.8. The Morgan fingerprint density at radius 3 is 2.32 bits per heavy atom. The molecule has 1 aliphatic heterocycles. The van der Waals surface area contributed by atoms with Crippen LogP contribution in [0.15, 0.2) is 60.7 Å². The molecule has 2 aromatic carbocycles. The smallest absolute Gasteiger partial charge is 0.167 e. The molecule has 1 aliphatic rings. The number of hydrogen-bond acceptors (Lipinski definition) is 3. The average molecular weight is 295 g/mol. The summed E-state index contributed by atoms with van der Waals surface area (Å²) < 4.78 is 0. The van der Waals surface area contributed by atoms with Crippen molar-refractivity contribution in [3.63, 3.8) is 0 Å². The monoisotopic (exact) mass is 295 g/mol. The Labute approximate surface area is 131 Å². The van der Waals surface area contributed by atoms with E-state index in [2.05, 4.69) is 29.2 Å². The molecule has 2 unspecified atom stereocenters. The molecule has 0 radical (unpaired) electrons. The molecule has 0 saturated carbocycles. The third-order valence-corrected chi connectivity index (χ3v) is 4.34. The Bertz CT molecular complexity index is 637. The number of likely N-dealkylation sites (tertiary alicyclic amines) is 1. The number of rotatable bonds is 3. The van der Waals surface area contributed by atoms with Crippen molar-refractivity contribution in [2.24, 2.45) is 0 Å². The van der Waals surface area contributed by atoms with Crippen molar-refractivity contribution in [2.75, 3.05) is 6.54 Å². The molecule has 1 heterocycles. The first-order valence-corrected chi connectivity index (χ1v) is 7.65. The molecule has 0 bridgehead atoms. The van der Waals surface area contributed by atoms with E-state index in [1.807, 2.05) is 36.4 Å². The van der Waals surface area contributed by atoms with Crippen LogP contribution in [0.5, 0.6) is 0 Å². The number of carbonyl (C=O) groups excluding carboxylic acids is 1. The second-order valence-corrected chi connectivity index (χ2v) is 6.22. The number of nitrogens with zero attached hydrogens (tertiary/aromatic N) is 1. The van der Waals surface area contributed by atoms with Gasteiger partial charge in [-0.15, -0.1) is 0 Å². The predicted octanol–water partition coefficient (Wildman–Crippen LogP) is 2.95. The first-order valence-electron chi connectivity index (χ1n) is 7.65. The number of hydrogen-bond donors (Lipinski definition) is 1. The van der Waals surface area contributed by atoms with Gasteiger partial charge in [0.2, 0.25) is 0 Å². The SMILES string of the molecule is CC1(O)CN(Cc2ccccc2)C(c2ccccc2)CC1=O. The average Bonchev–Trinajstić information content (AvgIpc) is 2.52. The minimum absolute atomic E-state index is 0.0223. The zero-order valence-corrected chi connectivity index (χ0v) is 12.8. The molecule has 2 atom stereocenters. The van der Waals surface area contributed by atoms with Crippen LogP contribution in [0.25, 0.3) is 0 Å². The summed E-state index contributed by atoms with van der Waals surface area (Å²) in [5.41, 5.74) is 1.05. The molecule has 3 heteroatoms. The van der Waals surface area contributed by atoms with E-state index in [0.29, 0.717) is 13.0 Å². The topological polar surface area (TPSA) is 40.5 Å². The number of ketones is 1. The van der Waals surface area contributed by atoms with Crippen LogP contribution in [0, 0.1) is 0 Å². The van der Waals surface area contributed by atoms with Crippen LogP contribution >= 0.6 is 0 Å². The molecular formula is C19H21NO2. The van der Waals surface area contributed by atoms with Gasteiger partial charge in [0, 0.05) is 25.6 Å². The van der Waals surface area contributed by atoms with Crippen LogP contribution in [0.2, 0.25) is 0 Å². The van der Waals surface area contributed by atoms with Crippen molar-refractivity contribution >= 4 is 5.78 Å². The highest BCUT2D eigenvalue weighted by Gasteiger charge is 2.41. The van der Waals surface area contributed by atoms with Crippen molar-refractivity contribution in [2.45, 2.75) is 31.5 Å². The maximum atomic E-state index is 12.2. The van der Waals surface area contributed by atoms with Gasteiger partial charge in [0.25, 0.3) is 0 Å². The van der Waals surface area contributed by atoms with E-state index in [9.17, 15) is 9.90 Å². The van der Waals surface area contributed by atoms with E-state index >= 15 is 0 Å². The molecule has 114 valence electrons. The van der Waals surface area contributed by atoms with E-state index in [-0.39, 0.29) is 11.8 Å². The van der Waals surface area contributed by atoms with E-state index in [4.69, 9.17) is 0 Å².